The van der Waals surface area contributed by atoms with Crippen LogP contribution in [0.5, 0.6) is 5.75 Å². The van der Waals surface area contributed by atoms with Gasteiger partial charge in [-0.1, -0.05) is 18.2 Å². The fourth-order valence-corrected chi connectivity index (χ4v) is 3.96. The highest BCUT2D eigenvalue weighted by Crippen LogP contribution is 2.38. The minimum absolute atomic E-state index is 0.137. The summed E-state index contributed by atoms with van der Waals surface area (Å²) >= 11 is 0. The summed E-state index contributed by atoms with van der Waals surface area (Å²) in [5.74, 6) is -0.229. The van der Waals surface area contributed by atoms with Crippen molar-refractivity contribution >= 4 is 22.9 Å². The number of halogens is 3. The minimum atomic E-state index is -4.46. The predicted octanol–water partition coefficient (Wildman–Crippen LogP) is 4.47. The van der Waals surface area contributed by atoms with Gasteiger partial charge in [-0.3, -0.25) is 4.79 Å². The number of aliphatic hydroxyl groups excluding tert-OH is 1. The van der Waals surface area contributed by atoms with Crippen molar-refractivity contribution in [3.8, 4) is 5.75 Å². The van der Waals surface area contributed by atoms with Gasteiger partial charge in [-0.2, -0.15) is 13.2 Å². The molecule has 31 heavy (non-hydrogen) atoms. The van der Waals surface area contributed by atoms with Crippen molar-refractivity contribution in [2.24, 2.45) is 0 Å². The highest BCUT2D eigenvalue weighted by Gasteiger charge is 2.32. The molecule has 0 bridgehead atoms. The van der Waals surface area contributed by atoms with Crippen LogP contribution in [-0.2, 0) is 11.0 Å². The molecular weight excluding hydrogens is 409 g/mol. The topological polar surface area (TPSA) is 61.8 Å². The van der Waals surface area contributed by atoms with Crippen LogP contribution >= 0.6 is 0 Å². The quantitative estimate of drug-likeness (QED) is 0.703. The monoisotopic (exact) mass is 432 g/mol. The Kier molecular flexibility index (Phi) is 5.91. The van der Waals surface area contributed by atoms with Crippen LogP contribution in [0, 0.1) is 0 Å². The Bertz CT molecular complexity index is 1000. The van der Waals surface area contributed by atoms with Crippen LogP contribution in [0.15, 0.2) is 48.5 Å². The zero-order valence-electron chi connectivity index (χ0n) is 16.8. The number of ether oxygens (including phenoxy) is 1. The molecule has 8 heteroatoms. The molecule has 164 valence electrons. The Morgan fingerprint density at radius 1 is 1.23 bits per heavy atom. The molecule has 2 N–H and O–H groups in total. The van der Waals surface area contributed by atoms with Gasteiger partial charge in [0.15, 0.2) is 0 Å². The van der Waals surface area contributed by atoms with Crippen LogP contribution in [-0.4, -0.2) is 36.8 Å². The van der Waals surface area contributed by atoms with Gasteiger partial charge < -0.3 is 20.1 Å². The Hall–Kier alpha value is -3.00. The first-order valence-corrected chi connectivity index (χ1v) is 10.2. The number of carbonyl (C=O) groups is 1. The largest absolute Gasteiger partial charge is 0.493 e. The fourth-order valence-electron chi connectivity index (χ4n) is 3.96. The van der Waals surface area contributed by atoms with Crippen molar-refractivity contribution in [3.63, 3.8) is 0 Å². The van der Waals surface area contributed by atoms with Gasteiger partial charge >= 0.3 is 6.18 Å². The Morgan fingerprint density at radius 3 is 2.77 bits per heavy atom. The van der Waals surface area contributed by atoms with Crippen LogP contribution in [0.2, 0.25) is 0 Å². The van der Waals surface area contributed by atoms with Crippen molar-refractivity contribution in [2.75, 3.05) is 29.9 Å². The molecule has 1 fully saturated rings. The van der Waals surface area contributed by atoms with Gasteiger partial charge in [-0.05, 0) is 49.1 Å². The first kappa shape index (κ1) is 21.2. The summed E-state index contributed by atoms with van der Waals surface area (Å²) in [5.41, 5.74) is 1.80. The summed E-state index contributed by atoms with van der Waals surface area (Å²) in [5, 5.41) is 12.7. The molecule has 1 atom stereocenters. The number of amides is 1. The predicted molar refractivity (Wildman–Crippen MR) is 112 cm³/mol. The number of fused-ring (bicyclic) bond motifs is 1. The molecule has 0 aliphatic carbocycles. The third-order valence-corrected chi connectivity index (χ3v) is 5.47. The first-order valence-electron chi connectivity index (χ1n) is 10.2. The standard InChI is InChI=1S/C23H23F3N2O3/c24-23(25,26)16-7-8-18-15(4-3-11-31-21(18)13-16)12-22(30)27-19-5-1-2-6-20(19)28-10-9-17(29)14-28/h1-2,5-8,12-13,17,29H,3-4,9-11,14H2,(H,27,30). The molecule has 2 heterocycles. The molecule has 0 radical (unpaired) electrons. The number of allylic oxidation sites excluding steroid dienone is 1. The third-order valence-electron chi connectivity index (χ3n) is 5.47. The SMILES string of the molecule is O=C(C=C1CCCOc2cc(C(F)(F)F)ccc21)Nc1ccccc1N1CCC(O)C1. The average molecular weight is 432 g/mol. The molecule has 0 spiro atoms. The van der Waals surface area contributed by atoms with Crippen LogP contribution < -0.4 is 15.0 Å². The van der Waals surface area contributed by atoms with Crippen LogP contribution in [0.4, 0.5) is 24.5 Å². The van der Waals surface area contributed by atoms with E-state index in [2.05, 4.69) is 5.32 Å². The lowest BCUT2D eigenvalue weighted by Gasteiger charge is -2.21. The Morgan fingerprint density at radius 2 is 2.03 bits per heavy atom. The molecule has 1 saturated heterocycles. The van der Waals surface area contributed by atoms with Gasteiger partial charge in [0.2, 0.25) is 5.91 Å². The lowest BCUT2D eigenvalue weighted by molar-refractivity contribution is -0.137. The number of nitrogens with one attached hydrogen (secondary N) is 1. The summed E-state index contributed by atoms with van der Waals surface area (Å²) < 4.78 is 44.6. The lowest BCUT2D eigenvalue weighted by atomic mass is 9.99. The molecule has 1 amide bonds. The number of aliphatic hydroxyl groups is 1. The number of carbonyl (C=O) groups excluding carboxylic acids is 1. The van der Waals surface area contributed by atoms with Gasteiger partial charge in [0.05, 0.1) is 29.6 Å². The van der Waals surface area contributed by atoms with Crippen LogP contribution in [0.25, 0.3) is 5.57 Å². The fraction of sp³-hybridized carbons (Fsp3) is 0.348. The number of alkyl halides is 3. The van der Waals surface area contributed by atoms with E-state index >= 15 is 0 Å². The second kappa shape index (κ2) is 8.63. The summed E-state index contributed by atoms with van der Waals surface area (Å²) in [4.78, 5) is 14.8. The molecule has 2 aromatic carbocycles. The number of benzene rings is 2. The maximum atomic E-state index is 13.0. The van der Waals surface area contributed by atoms with E-state index in [1.807, 2.05) is 23.1 Å². The molecule has 5 nitrogen and oxygen atoms in total. The molecule has 0 saturated carbocycles. The van der Waals surface area contributed by atoms with E-state index in [1.54, 1.807) is 6.07 Å². The van der Waals surface area contributed by atoms with E-state index in [1.165, 1.54) is 12.1 Å². The smallest absolute Gasteiger partial charge is 0.416 e. The number of β-amino-alcohol motifs (C(OH)–C–C–N with tert-alkyl or cyclic N) is 1. The summed E-state index contributed by atoms with van der Waals surface area (Å²) in [7, 11) is 0. The van der Waals surface area contributed by atoms with E-state index in [0.29, 0.717) is 49.2 Å². The zero-order valence-corrected chi connectivity index (χ0v) is 16.8. The lowest BCUT2D eigenvalue weighted by Crippen LogP contribution is -2.23. The average Bonchev–Trinajstić information content (AvgIpc) is 3.05. The summed E-state index contributed by atoms with van der Waals surface area (Å²) in [6.45, 7) is 1.48. The number of nitrogens with zero attached hydrogens (tertiary/aromatic N) is 1. The highest BCUT2D eigenvalue weighted by atomic mass is 19.4. The van der Waals surface area contributed by atoms with E-state index in [0.717, 1.165) is 17.8 Å². The van der Waals surface area contributed by atoms with Crippen molar-refractivity contribution in [2.45, 2.75) is 31.5 Å². The number of hydrogen-bond acceptors (Lipinski definition) is 4. The van der Waals surface area contributed by atoms with Gasteiger partial charge in [0, 0.05) is 24.7 Å². The maximum Gasteiger partial charge on any atom is 0.416 e. The van der Waals surface area contributed by atoms with Crippen LogP contribution in [0.1, 0.15) is 30.4 Å². The van der Waals surface area contributed by atoms with Gasteiger partial charge in [0.25, 0.3) is 0 Å². The molecule has 2 aliphatic rings. The second-order valence-corrected chi connectivity index (χ2v) is 7.73. The van der Waals surface area contributed by atoms with Gasteiger partial charge in [-0.25, -0.2) is 0 Å². The number of hydrogen-bond donors (Lipinski definition) is 2. The van der Waals surface area contributed by atoms with E-state index in [9.17, 15) is 23.1 Å². The Balaban J connectivity index is 1.58. The second-order valence-electron chi connectivity index (χ2n) is 7.73. The van der Waals surface area contributed by atoms with Gasteiger partial charge in [0.1, 0.15) is 5.75 Å². The summed E-state index contributed by atoms with van der Waals surface area (Å²) in [6, 6.07) is 10.7. The third kappa shape index (κ3) is 4.85. The van der Waals surface area contributed by atoms with Crippen molar-refractivity contribution in [1.29, 1.82) is 0 Å². The van der Waals surface area contributed by atoms with Crippen LogP contribution in [0.3, 0.4) is 0 Å². The molecule has 2 aromatic rings. The van der Waals surface area contributed by atoms with Crippen molar-refractivity contribution in [3.05, 3.63) is 59.7 Å². The molecular formula is C23H23F3N2O3. The highest BCUT2D eigenvalue weighted by molar-refractivity contribution is 6.06. The number of para-hydroxylation sites is 2. The van der Waals surface area contributed by atoms with E-state index in [-0.39, 0.29) is 18.3 Å². The van der Waals surface area contributed by atoms with E-state index in [4.69, 9.17) is 4.74 Å². The Labute approximate surface area is 178 Å². The number of anilines is 2. The molecule has 0 aromatic heterocycles. The minimum Gasteiger partial charge on any atom is -0.493 e. The zero-order chi connectivity index (χ0) is 22.0. The summed E-state index contributed by atoms with van der Waals surface area (Å²) in [6.07, 6.45) is -1.64. The van der Waals surface area contributed by atoms with Crippen molar-refractivity contribution < 1.29 is 27.8 Å². The normalized spacial score (nSPS) is 20.2. The van der Waals surface area contributed by atoms with Crippen molar-refractivity contribution in [1.82, 2.24) is 0 Å². The van der Waals surface area contributed by atoms with Gasteiger partial charge in [-0.15, -0.1) is 0 Å². The molecule has 2 aliphatic heterocycles. The first-order chi connectivity index (χ1) is 14.8. The maximum absolute atomic E-state index is 13.0. The number of rotatable bonds is 3. The van der Waals surface area contributed by atoms with E-state index < -0.39 is 17.8 Å². The molecule has 4 rings (SSSR count). The molecule has 1 unspecified atom stereocenters.